The molecule has 0 saturated heterocycles. The maximum atomic E-state index is 9.18. The molecule has 0 bridgehead atoms. The Bertz CT molecular complexity index is 2590. The average molecular weight is 701 g/mol. The van der Waals surface area contributed by atoms with Crippen LogP contribution < -0.4 is 0 Å². The van der Waals surface area contributed by atoms with Gasteiger partial charge in [-0.15, -0.1) is 56.7 Å². The van der Waals surface area contributed by atoms with E-state index in [9.17, 15) is 5.26 Å². The molecule has 0 radical (unpaired) electrons. The van der Waals surface area contributed by atoms with Gasteiger partial charge in [-0.25, -0.2) is 14.8 Å². The molecule has 0 N–H and O–H groups in total. The molecule has 0 saturated carbocycles. The van der Waals surface area contributed by atoms with Crippen LogP contribution in [0.1, 0.15) is 4.88 Å². The molecule has 216 valence electrons. The molecule has 0 aliphatic rings. The van der Waals surface area contributed by atoms with Crippen molar-refractivity contribution in [1.29, 1.82) is 5.26 Å². The predicted octanol–water partition coefficient (Wildman–Crippen LogP) is 12.9. The number of nitrogens with zero attached hydrogens (tertiary/aromatic N) is 4. The second kappa shape index (κ2) is 9.92. The molecule has 0 fully saturated rings. The second-order valence-corrected chi connectivity index (χ2v) is 16.9. The first-order valence-corrected chi connectivity index (χ1v) is 18.7. The lowest BCUT2D eigenvalue weighted by Crippen LogP contribution is -1.76. The van der Waals surface area contributed by atoms with E-state index in [0.717, 1.165) is 81.2 Å². The normalized spacial score (nSPS) is 11.9. The molecular weight excluding hydrogens is 689 g/mol. The molecule has 46 heavy (non-hydrogen) atoms. The highest BCUT2D eigenvalue weighted by atomic mass is 32.1. The van der Waals surface area contributed by atoms with Gasteiger partial charge >= 0.3 is 0 Å². The summed E-state index contributed by atoms with van der Waals surface area (Å²) < 4.78 is 17.1. The van der Waals surface area contributed by atoms with Crippen LogP contribution in [0.15, 0.2) is 81.6 Å². The Morgan fingerprint density at radius 3 is 1.61 bits per heavy atom. The van der Waals surface area contributed by atoms with E-state index >= 15 is 0 Å². The molecule has 2 aromatic carbocycles. The Hall–Kier alpha value is -4.66. The molecule has 0 aliphatic heterocycles. The maximum absolute atomic E-state index is 9.18. The maximum Gasteiger partial charge on any atom is 0.243 e. The van der Waals surface area contributed by atoms with Crippen molar-refractivity contribution in [1.82, 2.24) is 9.97 Å². The minimum absolute atomic E-state index is 0.599. The molecule has 0 spiro atoms. The summed E-state index contributed by atoms with van der Waals surface area (Å²) in [6, 6.07) is 26.9. The summed E-state index contributed by atoms with van der Waals surface area (Å²) in [5, 5.41) is 11.9. The first kappa shape index (κ1) is 26.5. The van der Waals surface area contributed by atoms with E-state index in [2.05, 4.69) is 47.3 Å². The smallest absolute Gasteiger partial charge is 0.243 e. The van der Waals surface area contributed by atoms with Crippen LogP contribution in [0.25, 0.3) is 97.7 Å². The quantitative estimate of drug-likeness (QED) is 0.171. The van der Waals surface area contributed by atoms with E-state index in [4.69, 9.17) is 25.4 Å². The minimum atomic E-state index is 0.599. The zero-order chi connectivity index (χ0) is 30.5. The zero-order valence-corrected chi connectivity index (χ0v) is 27.9. The van der Waals surface area contributed by atoms with Crippen LogP contribution in [-0.2, 0) is 0 Å². The number of rotatable bonds is 4. The number of thiophene rings is 6. The summed E-state index contributed by atoms with van der Waals surface area (Å²) in [5.41, 5.74) is 3.04. The number of benzene rings is 2. The molecule has 0 amide bonds. The van der Waals surface area contributed by atoms with Crippen molar-refractivity contribution in [3.63, 3.8) is 0 Å². The summed E-state index contributed by atoms with van der Waals surface area (Å²) in [6.45, 7) is 7.25. The fourth-order valence-corrected chi connectivity index (χ4v) is 11.9. The highest BCUT2D eigenvalue weighted by Gasteiger charge is 2.18. The first-order chi connectivity index (χ1) is 22.6. The molecule has 10 rings (SSSR count). The largest absolute Gasteiger partial charge is 0.435 e. The third kappa shape index (κ3) is 4.20. The fourth-order valence-electron chi connectivity index (χ4n) is 5.49. The van der Waals surface area contributed by atoms with E-state index in [1.165, 1.54) is 32.4 Å². The van der Waals surface area contributed by atoms with E-state index < -0.39 is 0 Å². The number of fused-ring (bicyclic) bond motifs is 5. The molecule has 0 aliphatic carbocycles. The Balaban J connectivity index is 0.957. The van der Waals surface area contributed by atoms with Gasteiger partial charge in [0, 0.05) is 38.3 Å². The zero-order valence-electron chi connectivity index (χ0n) is 23.0. The highest BCUT2D eigenvalue weighted by Crippen LogP contribution is 2.45. The van der Waals surface area contributed by atoms with Gasteiger partial charge in [-0.2, -0.15) is 16.6 Å². The van der Waals surface area contributed by atoms with E-state index in [-0.39, 0.29) is 0 Å². The Kier molecular flexibility index (Phi) is 5.72. The van der Waals surface area contributed by atoms with Gasteiger partial charge in [0.05, 0.1) is 16.3 Å². The SMILES string of the molecule is [C-]#[N+]c1cc2sc(-c3ccc(-c4nc5cc6cc7oc(-c8ccc(-c9cc%10sc(C#N)cc%10s9)s8)nc7cc6cc5o4)s3)cc2s1. The summed E-state index contributed by atoms with van der Waals surface area (Å²) in [6.07, 6.45) is 0. The lowest BCUT2D eigenvalue weighted by molar-refractivity contribution is 0.621. The van der Waals surface area contributed by atoms with Crippen LogP contribution in [0.3, 0.4) is 0 Å². The number of hydrogen-bond donors (Lipinski definition) is 0. The first-order valence-electron chi connectivity index (χ1n) is 13.8. The molecule has 12 heteroatoms. The van der Waals surface area contributed by atoms with E-state index in [1.54, 1.807) is 45.3 Å². The van der Waals surface area contributed by atoms with Gasteiger partial charge in [-0.3, -0.25) is 0 Å². The van der Waals surface area contributed by atoms with Crippen molar-refractivity contribution in [2.45, 2.75) is 0 Å². The van der Waals surface area contributed by atoms with Crippen LogP contribution in [-0.4, -0.2) is 9.97 Å². The van der Waals surface area contributed by atoms with Crippen LogP contribution in [0.4, 0.5) is 5.00 Å². The number of nitriles is 1. The molecule has 10 aromatic rings. The Morgan fingerprint density at radius 2 is 1.09 bits per heavy atom. The third-order valence-electron chi connectivity index (χ3n) is 7.59. The second-order valence-electron chi connectivity index (χ2n) is 10.5. The van der Waals surface area contributed by atoms with Gasteiger partial charge < -0.3 is 8.83 Å². The van der Waals surface area contributed by atoms with Gasteiger partial charge in [-0.05, 0) is 83.6 Å². The number of aromatic nitrogens is 2. The van der Waals surface area contributed by atoms with Gasteiger partial charge in [0.25, 0.3) is 0 Å². The monoisotopic (exact) mass is 700 g/mol. The summed E-state index contributed by atoms with van der Waals surface area (Å²) in [5.74, 6) is 1.20. The highest BCUT2D eigenvalue weighted by molar-refractivity contribution is 7.33. The summed E-state index contributed by atoms with van der Waals surface area (Å²) >= 11 is 9.79. The van der Waals surface area contributed by atoms with Crippen molar-refractivity contribution in [2.24, 2.45) is 0 Å². The molecule has 8 aromatic heterocycles. The topological polar surface area (TPSA) is 80.2 Å². The average Bonchev–Trinajstić information content (AvgIpc) is 3.88. The Labute approximate surface area is 283 Å². The molecule has 6 nitrogen and oxygen atoms in total. The van der Waals surface area contributed by atoms with E-state index in [0.29, 0.717) is 11.8 Å². The van der Waals surface area contributed by atoms with Gasteiger partial charge in [0.15, 0.2) is 11.2 Å². The predicted molar refractivity (Wildman–Crippen MR) is 194 cm³/mol. The van der Waals surface area contributed by atoms with Crippen molar-refractivity contribution >= 4 is 125 Å². The van der Waals surface area contributed by atoms with Crippen LogP contribution in [0.5, 0.6) is 0 Å². The molecule has 0 unspecified atom stereocenters. The minimum Gasteiger partial charge on any atom is -0.435 e. The fraction of sp³-hybridized carbons (Fsp3) is 0. The molecule has 0 atom stereocenters. The lowest BCUT2D eigenvalue weighted by Gasteiger charge is -1.96. The van der Waals surface area contributed by atoms with Crippen molar-refractivity contribution < 1.29 is 8.83 Å². The van der Waals surface area contributed by atoms with E-state index in [1.807, 2.05) is 36.4 Å². The van der Waals surface area contributed by atoms with Gasteiger partial charge in [0.1, 0.15) is 22.0 Å². The van der Waals surface area contributed by atoms with Gasteiger partial charge in [0.2, 0.25) is 16.8 Å². The standard InChI is InChI=1S/C34H12N4O2S6/c1-36-32-13-31-30(46-32)12-28(45-31)23-3-5-25(43-23)34-38-19-7-16-8-20-18(6-15(16)9-21(19)40-34)37-33(39-20)24-4-2-22(42-24)27-11-29-26(44-27)10-17(14-35)41-29/h2-13H. The third-order valence-corrected chi connectivity index (χ3v) is 14.5. The van der Waals surface area contributed by atoms with Crippen LogP contribution >= 0.6 is 68.0 Å². The van der Waals surface area contributed by atoms with Crippen molar-refractivity contribution in [2.75, 3.05) is 0 Å². The van der Waals surface area contributed by atoms with Crippen molar-refractivity contribution in [3.05, 3.63) is 89.1 Å². The summed E-state index contributed by atoms with van der Waals surface area (Å²) in [7, 11) is 0. The molecule has 8 heterocycles. The van der Waals surface area contributed by atoms with Crippen LogP contribution in [0, 0.1) is 17.9 Å². The number of hydrogen-bond acceptors (Lipinski definition) is 11. The van der Waals surface area contributed by atoms with Gasteiger partial charge in [-0.1, -0.05) is 0 Å². The summed E-state index contributed by atoms with van der Waals surface area (Å²) in [4.78, 5) is 20.6. The Morgan fingerprint density at radius 1 is 0.565 bits per heavy atom. The van der Waals surface area contributed by atoms with Crippen LogP contribution in [0.2, 0.25) is 0 Å². The number of oxazole rings is 2. The molecular formula is C34H12N4O2S6. The van der Waals surface area contributed by atoms with Crippen molar-refractivity contribution in [3.8, 4) is 47.1 Å². The lowest BCUT2D eigenvalue weighted by atomic mass is 10.1.